The molecule has 1 aromatic heterocycles. The highest BCUT2D eigenvalue weighted by molar-refractivity contribution is 9.10. The molecule has 0 N–H and O–H groups in total. The maximum Gasteiger partial charge on any atom is 0.138 e. The van der Waals surface area contributed by atoms with Crippen LogP contribution in [-0.4, -0.2) is 12.1 Å². The van der Waals surface area contributed by atoms with Crippen molar-refractivity contribution in [2.45, 2.75) is 6.92 Å². The molecule has 0 amide bonds. The van der Waals surface area contributed by atoms with Crippen LogP contribution in [0.15, 0.2) is 22.8 Å². The van der Waals surface area contributed by atoms with Crippen LogP contribution >= 0.6 is 27.5 Å². The van der Waals surface area contributed by atoms with Crippen molar-refractivity contribution in [1.29, 1.82) is 0 Å². The van der Waals surface area contributed by atoms with Crippen LogP contribution in [0.5, 0.6) is 5.75 Å². The second-order valence-corrected chi connectivity index (χ2v) is 4.43. The zero-order chi connectivity index (χ0) is 11.0. The van der Waals surface area contributed by atoms with Gasteiger partial charge in [0.25, 0.3) is 0 Å². The maximum atomic E-state index is 6.02. The van der Waals surface area contributed by atoms with Gasteiger partial charge in [0.2, 0.25) is 0 Å². The smallest absolute Gasteiger partial charge is 0.138 e. The molecule has 4 heteroatoms. The molecule has 2 rings (SSSR count). The third kappa shape index (κ3) is 1.94. The Morgan fingerprint density at radius 2 is 2.07 bits per heavy atom. The Kier molecular flexibility index (Phi) is 2.85. The standard InChI is InChI=1S/C11H9BrClNO/c1-6-3-7-4-10(15-2)8(13)5-9(7)14-11(6)12/h3-5H,1-2H3. The summed E-state index contributed by atoms with van der Waals surface area (Å²) in [6.45, 7) is 2.00. The highest BCUT2D eigenvalue weighted by atomic mass is 79.9. The summed E-state index contributed by atoms with van der Waals surface area (Å²) < 4.78 is 6.00. The molecule has 15 heavy (non-hydrogen) atoms. The minimum absolute atomic E-state index is 0.577. The minimum Gasteiger partial charge on any atom is -0.495 e. The number of nitrogens with zero attached hydrogens (tertiary/aromatic N) is 1. The van der Waals surface area contributed by atoms with Crippen molar-refractivity contribution in [2.75, 3.05) is 7.11 Å². The van der Waals surface area contributed by atoms with Crippen LogP contribution in [-0.2, 0) is 0 Å². The number of pyridine rings is 1. The van der Waals surface area contributed by atoms with Crippen LogP contribution in [0.25, 0.3) is 10.9 Å². The normalized spacial score (nSPS) is 10.7. The summed E-state index contributed by atoms with van der Waals surface area (Å²) >= 11 is 9.41. The summed E-state index contributed by atoms with van der Waals surface area (Å²) in [5, 5.41) is 1.60. The van der Waals surface area contributed by atoms with Gasteiger partial charge >= 0.3 is 0 Å². The van der Waals surface area contributed by atoms with E-state index in [2.05, 4.69) is 20.9 Å². The monoisotopic (exact) mass is 285 g/mol. The van der Waals surface area contributed by atoms with E-state index in [9.17, 15) is 0 Å². The summed E-state index contributed by atoms with van der Waals surface area (Å²) in [5.41, 5.74) is 1.95. The Balaban J connectivity index is 2.76. The van der Waals surface area contributed by atoms with Crippen molar-refractivity contribution in [2.24, 2.45) is 0 Å². The highest BCUT2D eigenvalue weighted by Gasteiger charge is 2.06. The van der Waals surface area contributed by atoms with Crippen molar-refractivity contribution in [1.82, 2.24) is 4.98 Å². The van der Waals surface area contributed by atoms with Gasteiger partial charge in [-0.25, -0.2) is 4.98 Å². The maximum absolute atomic E-state index is 6.02. The number of rotatable bonds is 1. The summed E-state index contributed by atoms with van der Waals surface area (Å²) in [5.74, 6) is 0.674. The molecule has 0 atom stereocenters. The molecule has 0 aliphatic rings. The first-order valence-electron chi connectivity index (χ1n) is 4.42. The predicted octanol–water partition coefficient (Wildman–Crippen LogP) is 3.97. The molecule has 0 aliphatic carbocycles. The van der Waals surface area contributed by atoms with Gasteiger partial charge in [-0.05, 0) is 46.6 Å². The molecular formula is C11H9BrClNO. The average molecular weight is 287 g/mol. The number of ether oxygens (including phenoxy) is 1. The molecule has 0 radical (unpaired) electrons. The molecule has 0 fully saturated rings. The number of halogens is 2. The topological polar surface area (TPSA) is 22.1 Å². The number of aromatic nitrogens is 1. The van der Waals surface area contributed by atoms with Gasteiger partial charge in [-0.15, -0.1) is 0 Å². The van der Waals surface area contributed by atoms with E-state index in [1.54, 1.807) is 13.2 Å². The summed E-state index contributed by atoms with van der Waals surface area (Å²) in [4.78, 5) is 4.39. The van der Waals surface area contributed by atoms with Gasteiger partial charge in [-0.1, -0.05) is 11.6 Å². The van der Waals surface area contributed by atoms with Gasteiger partial charge in [0, 0.05) is 5.39 Å². The summed E-state index contributed by atoms with van der Waals surface area (Å²) in [6.07, 6.45) is 0. The van der Waals surface area contributed by atoms with Gasteiger partial charge in [0.05, 0.1) is 17.6 Å². The molecular weight excluding hydrogens is 277 g/mol. The Morgan fingerprint density at radius 1 is 1.33 bits per heavy atom. The van der Waals surface area contributed by atoms with E-state index in [1.165, 1.54) is 0 Å². The number of hydrogen-bond acceptors (Lipinski definition) is 2. The summed E-state index contributed by atoms with van der Waals surface area (Å²) in [6, 6.07) is 5.75. The molecule has 0 unspecified atom stereocenters. The second-order valence-electron chi connectivity index (χ2n) is 3.28. The SMILES string of the molecule is COc1cc2cc(C)c(Br)nc2cc1Cl. The van der Waals surface area contributed by atoms with E-state index in [-0.39, 0.29) is 0 Å². The largest absolute Gasteiger partial charge is 0.495 e. The first-order valence-corrected chi connectivity index (χ1v) is 5.59. The van der Waals surface area contributed by atoms with Crippen LogP contribution in [0.1, 0.15) is 5.56 Å². The van der Waals surface area contributed by atoms with Gasteiger partial charge in [0.1, 0.15) is 10.4 Å². The van der Waals surface area contributed by atoms with E-state index in [0.717, 1.165) is 21.1 Å². The number of methoxy groups -OCH3 is 1. The Morgan fingerprint density at radius 3 is 2.73 bits per heavy atom. The Labute approximate surface area is 101 Å². The van der Waals surface area contributed by atoms with Crippen LogP contribution < -0.4 is 4.74 Å². The quantitative estimate of drug-likeness (QED) is 0.740. The van der Waals surface area contributed by atoms with Crippen molar-refractivity contribution in [3.05, 3.63) is 33.4 Å². The van der Waals surface area contributed by atoms with E-state index in [0.29, 0.717) is 10.8 Å². The molecule has 78 valence electrons. The van der Waals surface area contributed by atoms with Gasteiger partial charge in [0.15, 0.2) is 0 Å². The van der Waals surface area contributed by atoms with E-state index in [1.807, 2.05) is 19.1 Å². The number of fused-ring (bicyclic) bond motifs is 1. The van der Waals surface area contributed by atoms with Crippen molar-refractivity contribution >= 4 is 38.4 Å². The average Bonchev–Trinajstić information content (AvgIpc) is 2.20. The van der Waals surface area contributed by atoms with Crippen LogP contribution in [0.4, 0.5) is 0 Å². The lowest BCUT2D eigenvalue weighted by molar-refractivity contribution is 0.415. The minimum atomic E-state index is 0.577. The third-order valence-electron chi connectivity index (χ3n) is 2.22. The van der Waals surface area contributed by atoms with Crippen LogP contribution in [0.3, 0.4) is 0 Å². The number of aryl methyl sites for hydroxylation is 1. The first-order chi connectivity index (χ1) is 7.11. The fourth-order valence-corrected chi connectivity index (χ4v) is 1.95. The fourth-order valence-electron chi connectivity index (χ4n) is 1.41. The molecule has 0 saturated heterocycles. The number of benzene rings is 1. The third-order valence-corrected chi connectivity index (χ3v) is 3.32. The highest BCUT2D eigenvalue weighted by Crippen LogP contribution is 2.30. The van der Waals surface area contributed by atoms with Crippen molar-refractivity contribution in [3.63, 3.8) is 0 Å². The molecule has 1 aromatic carbocycles. The van der Waals surface area contributed by atoms with Crippen LogP contribution in [0, 0.1) is 6.92 Å². The lowest BCUT2D eigenvalue weighted by atomic mass is 10.1. The fraction of sp³-hybridized carbons (Fsp3) is 0.182. The molecule has 0 saturated carbocycles. The zero-order valence-electron chi connectivity index (χ0n) is 8.34. The van der Waals surface area contributed by atoms with Crippen molar-refractivity contribution in [3.8, 4) is 5.75 Å². The zero-order valence-corrected chi connectivity index (χ0v) is 10.7. The molecule has 2 nitrogen and oxygen atoms in total. The number of hydrogen-bond donors (Lipinski definition) is 0. The molecule has 0 aliphatic heterocycles. The lowest BCUT2D eigenvalue weighted by Crippen LogP contribution is -1.88. The molecule has 0 bridgehead atoms. The lowest BCUT2D eigenvalue weighted by Gasteiger charge is -2.06. The Bertz CT molecular complexity index is 527. The second kappa shape index (κ2) is 3.99. The molecule has 2 aromatic rings. The van der Waals surface area contributed by atoms with E-state index in [4.69, 9.17) is 16.3 Å². The van der Waals surface area contributed by atoms with Gasteiger partial charge < -0.3 is 4.74 Å². The summed E-state index contributed by atoms with van der Waals surface area (Å²) in [7, 11) is 1.60. The van der Waals surface area contributed by atoms with E-state index < -0.39 is 0 Å². The van der Waals surface area contributed by atoms with Crippen molar-refractivity contribution < 1.29 is 4.74 Å². The molecule has 1 heterocycles. The van der Waals surface area contributed by atoms with E-state index >= 15 is 0 Å². The van der Waals surface area contributed by atoms with Gasteiger partial charge in [-0.2, -0.15) is 0 Å². The Hall–Kier alpha value is -0.800. The molecule has 0 spiro atoms. The van der Waals surface area contributed by atoms with Crippen LogP contribution in [0.2, 0.25) is 5.02 Å². The van der Waals surface area contributed by atoms with Gasteiger partial charge in [-0.3, -0.25) is 0 Å². The predicted molar refractivity (Wildman–Crippen MR) is 65.7 cm³/mol. The first kappa shape index (κ1) is 10.7.